The monoisotopic (exact) mass is 246 g/mol. The Morgan fingerprint density at radius 1 is 1.50 bits per heavy atom. The smallest absolute Gasteiger partial charge is 0.170 e. The van der Waals surface area contributed by atoms with Crippen LogP contribution in [-0.4, -0.2) is 31.3 Å². The Morgan fingerprint density at radius 2 is 2.33 bits per heavy atom. The van der Waals surface area contributed by atoms with Crippen LogP contribution in [0.15, 0.2) is 23.2 Å². The molecule has 0 amide bonds. The van der Waals surface area contributed by atoms with Crippen molar-refractivity contribution in [3.63, 3.8) is 0 Å². The van der Waals surface area contributed by atoms with E-state index < -0.39 is 0 Å². The summed E-state index contributed by atoms with van der Waals surface area (Å²) in [5, 5.41) is 3.11. The van der Waals surface area contributed by atoms with E-state index in [4.69, 9.17) is 4.74 Å². The van der Waals surface area contributed by atoms with Crippen LogP contribution in [0.1, 0.15) is 29.3 Å². The highest BCUT2D eigenvalue weighted by atomic mass is 16.5. The van der Waals surface area contributed by atoms with E-state index in [0.717, 1.165) is 30.2 Å². The Bertz CT molecular complexity index is 481. The number of aryl methyl sites for hydroxylation is 1. The van der Waals surface area contributed by atoms with Crippen LogP contribution in [0.2, 0.25) is 0 Å². The third-order valence-electron chi connectivity index (χ3n) is 2.87. The zero-order valence-corrected chi connectivity index (χ0v) is 10.8. The van der Waals surface area contributed by atoms with Gasteiger partial charge < -0.3 is 10.1 Å². The van der Waals surface area contributed by atoms with E-state index in [1.54, 1.807) is 0 Å². The van der Waals surface area contributed by atoms with Crippen molar-refractivity contribution >= 4 is 11.6 Å². The van der Waals surface area contributed by atoms with E-state index in [2.05, 4.69) is 10.3 Å². The number of amidine groups is 1. The molecule has 0 radical (unpaired) electrons. The van der Waals surface area contributed by atoms with Crippen molar-refractivity contribution in [2.24, 2.45) is 4.99 Å². The normalized spacial score (nSPS) is 14.0. The first-order valence-electron chi connectivity index (χ1n) is 6.24. The van der Waals surface area contributed by atoms with Gasteiger partial charge in [-0.25, -0.2) is 0 Å². The maximum atomic E-state index is 12.1. The predicted octanol–water partition coefficient (Wildman–Crippen LogP) is 1.97. The fourth-order valence-corrected chi connectivity index (χ4v) is 1.96. The number of nitrogens with one attached hydrogen (secondary N) is 1. The van der Waals surface area contributed by atoms with Gasteiger partial charge in [0.1, 0.15) is 11.6 Å². The molecule has 0 unspecified atom stereocenters. The van der Waals surface area contributed by atoms with Crippen LogP contribution in [0.3, 0.4) is 0 Å². The molecule has 0 spiro atoms. The molecule has 1 aromatic rings. The highest BCUT2D eigenvalue weighted by Crippen LogP contribution is 2.20. The minimum absolute atomic E-state index is 0.0919. The van der Waals surface area contributed by atoms with Crippen molar-refractivity contribution in [2.75, 3.05) is 19.7 Å². The van der Waals surface area contributed by atoms with Crippen molar-refractivity contribution in [3.05, 3.63) is 29.3 Å². The number of hydrogen-bond donors (Lipinski definition) is 1. The molecule has 4 heteroatoms. The largest absolute Gasteiger partial charge is 0.494 e. The molecule has 0 fully saturated rings. The molecule has 4 nitrogen and oxygen atoms in total. The topological polar surface area (TPSA) is 50.7 Å². The molecule has 0 atom stereocenters. The van der Waals surface area contributed by atoms with Gasteiger partial charge in [-0.2, -0.15) is 0 Å². The van der Waals surface area contributed by atoms with E-state index in [1.165, 1.54) is 0 Å². The lowest BCUT2D eigenvalue weighted by Crippen LogP contribution is -2.21. The predicted molar refractivity (Wildman–Crippen MR) is 71.6 cm³/mol. The Balaban J connectivity index is 2.08. The molecule has 1 aliphatic heterocycles. The molecule has 1 N–H and O–H groups in total. The van der Waals surface area contributed by atoms with Gasteiger partial charge in [-0.05, 0) is 37.6 Å². The summed E-state index contributed by atoms with van der Waals surface area (Å²) in [7, 11) is 0. The van der Waals surface area contributed by atoms with Gasteiger partial charge in [-0.3, -0.25) is 9.79 Å². The Labute approximate surface area is 107 Å². The SMILES string of the molecule is CCOc1ccc(C(=O)CC2=NCCN2)cc1C. The number of ketones is 1. The molecule has 1 heterocycles. The third kappa shape index (κ3) is 2.88. The van der Waals surface area contributed by atoms with E-state index in [1.807, 2.05) is 32.0 Å². The number of hydrogen-bond acceptors (Lipinski definition) is 4. The summed E-state index contributed by atoms with van der Waals surface area (Å²) in [5.74, 6) is 1.73. The molecule has 18 heavy (non-hydrogen) atoms. The van der Waals surface area contributed by atoms with Crippen molar-refractivity contribution in [1.29, 1.82) is 0 Å². The number of rotatable bonds is 5. The lowest BCUT2D eigenvalue weighted by molar-refractivity contribution is 0.1000. The molecule has 1 aromatic carbocycles. The molecule has 0 saturated carbocycles. The van der Waals surface area contributed by atoms with E-state index in [-0.39, 0.29) is 5.78 Å². The van der Waals surface area contributed by atoms with Gasteiger partial charge in [0.15, 0.2) is 5.78 Å². The molecule has 1 aliphatic rings. The number of carbonyl (C=O) groups is 1. The Hall–Kier alpha value is -1.84. The van der Waals surface area contributed by atoms with Crippen LogP contribution < -0.4 is 10.1 Å². The first kappa shape index (κ1) is 12.6. The number of benzene rings is 1. The van der Waals surface area contributed by atoms with E-state index >= 15 is 0 Å². The second-order valence-corrected chi connectivity index (χ2v) is 4.27. The lowest BCUT2D eigenvalue weighted by atomic mass is 10.0. The molecule has 2 rings (SSSR count). The van der Waals surface area contributed by atoms with Crippen LogP contribution in [0, 0.1) is 6.92 Å². The fraction of sp³-hybridized carbons (Fsp3) is 0.429. The van der Waals surface area contributed by atoms with Crippen molar-refractivity contribution in [1.82, 2.24) is 5.32 Å². The Morgan fingerprint density at radius 3 is 2.94 bits per heavy atom. The van der Waals surface area contributed by atoms with Crippen molar-refractivity contribution < 1.29 is 9.53 Å². The standard InChI is InChI=1S/C14H18N2O2/c1-3-18-13-5-4-11(8-10(13)2)12(17)9-14-15-6-7-16-14/h4-5,8H,3,6-7,9H2,1-2H3,(H,15,16). The van der Waals surface area contributed by atoms with Crippen LogP contribution in [0.4, 0.5) is 0 Å². The highest BCUT2D eigenvalue weighted by molar-refractivity contribution is 6.09. The minimum Gasteiger partial charge on any atom is -0.494 e. The summed E-state index contributed by atoms with van der Waals surface area (Å²) in [6.45, 7) is 6.14. The van der Waals surface area contributed by atoms with Gasteiger partial charge in [0.25, 0.3) is 0 Å². The first-order chi connectivity index (χ1) is 8.70. The molecule has 0 aliphatic carbocycles. The zero-order chi connectivity index (χ0) is 13.0. The average Bonchev–Trinajstić information content (AvgIpc) is 2.84. The highest BCUT2D eigenvalue weighted by Gasteiger charge is 2.13. The number of aliphatic imine (C=N–C) groups is 1. The van der Waals surface area contributed by atoms with Gasteiger partial charge >= 0.3 is 0 Å². The lowest BCUT2D eigenvalue weighted by Gasteiger charge is -2.08. The van der Waals surface area contributed by atoms with Gasteiger partial charge in [0, 0.05) is 12.1 Å². The van der Waals surface area contributed by atoms with E-state index in [9.17, 15) is 4.79 Å². The number of nitrogens with zero attached hydrogens (tertiary/aromatic N) is 1. The molecular formula is C14H18N2O2. The van der Waals surface area contributed by atoms with Crippen LogP contribution >= 0.6 is 0 Å². The van der Waals surface area contributed by atoms with Gasteiger partial charge in [-0.15, -0.1) is 0 Å². The molecular weight excluding hydrogens is 228 g/mol. The van der Waals surface area contributed by atoms with Gasteiger partial charge in [0.2, 0.25) is 0 Å². The summed E-state index contributed by atoms with van der Waals surface area (Å²) in [6.07, 6.45) is 0.355. The number of carbonyl (C=O) groups excluding carboxylic acids is 1. The maximum absolute atomic E-state index is 12.1. The van der Waals surface area contributed by atoms with Crippen LogP contribution in [-0.2, 0) is 0 Å². The average molecular weight is 246 g/mol. The van der Waals surface area contributed by atoms with Gasteiger partial charge in [-0.1, -0.05) is 0 Å². The third-order valence-corrected chi connectivity index (χ3v) is 2.87. The van der Waals surface area contributed by atoms with Crippen molar-refractivity contribution in [2.45, 2.75) is 20.3 Å². The fourth-order valence-electron chi connectivity index (χ4n) is 1.96. The molecule has 0 saturated heterocycles. The summed E-state index contributed by atoms with van der Waals surface area (Å²) in [6, 6.07) is 5.55. The van der Waals surface area contributed by atoms with Crippen molar-refractivity contribution in [3.8, 4) is 5.75 Å². The number of Topliss-reactive ketones (excluding diaryl/α,β-unsaturated/α-hetero) is 1. The first-order valence-corrected chi connectivity index (χ1v) is 6.24. The summed E-state index contributed by atoms with van der Waals surface area (Å²) >= 11 is 0. The summed E-state index contributed by atoms with van der Waals surface area (Å²) in [5.41, 5.74) is 1.70. The summed E-state index contributed by atoms with van der Waals surface area (Å²) < 4.78 is 5.46. The van der Waals surface area contributed by atoms with Crippen LogP contribution in [0.5, 0.6) is 5.75 Å². The van der Waals surface area contributed by atoms with E-state index in [0.29, 0.717) is 18.6 Å². The molecule has 0 bridgehead atoms. The van der Waals surface area contributed by atoms with Crippen LogP contribution in [0.25, 0.3) is 0 Å². The second-order valence-electron chi connectivity index (χ2n) is 4.27. The van der Waals surface area contributed by atoms with Gasteiger partial charge in [0.05, 0.1) is 19.6 Å². The Kier molecular flexibility index (Phi) is 3.97. The number of ether oxygens (including phenoxy) is 1. The minimum atomic E-state index is 0.0919. The molecule has 0 aromatic heterocycles. The summed E-state index contributed by atoms with van der Waals surface area (Å²) in [4.78, 5) is 16.3. The quantitative estimate of drug-likeness (QED) is 0.808. The molecule has 96 valence electrons. The zero-order valence-electron chi connectivity index (χ0n) is 10.8. The maximum Gasteiger partial charge on any atom is 0.170 e. The second kappa shape index (κ2) is 5.67.